The SMILES string of the molecule is C[Si](C)(C)OCCC(Br)(Br)C(Br)(Br)C(Br)(Br)C(Br)(Br)C(Br)(Br)C(Br)(Br)Br. The summed E-state index contributed by atoms with van der Waals surface area (Å²) in [5, 5.41) is 0. The van der Waals surface area contributed by atoms with Gasteiger partial charge in [-0.2, -0.15) is 0 Å². The van der Waals surface area contributed by atoms with Gasteiger partial charge in [0, 0.05) is 6.61 Å². The largest absolute Gasteiger partial charge is 0.418 e. The van der Waals surface area contributed by atoms with Crippen LogP contribution in [0, 0.1) is 0 Å². The highest BCUT2D eigenvalue weighted by Gasteiger charge is 2.72. The molecule has 0 bridgehead atoms. The molecule has 0 aromatic rings. The van der Waals surface area contributed by atoms with Gasteiger partial charge < -0.3 is 4.43 Å². The molecule has 0 saturated heterocycles. The van der Waals surface area contributed by atoms with Crippen LogP contribution in [0.4, 0.5) is 0 Å². The predicted octanol–water partition coefficient (Wildman–Crippen LogP) is 11.5. The van der Waals surface area contributed by atoms with Crippen LogP contribution in [0.2, 0.25) is 19.6 Å². The van der Waals surface area contributed by atoms with E-state index in [0.29, 0.717) is 13.0 Å². The lowest BCUT2D eigenvalue weighted by Gasteiger charge is -2.54. The number of hydrogen-bond acceptors (Lipinski definition) is 1. The molecule has 0 aromatic heterocycles. The summed E-state index contributed by atoms with van der Waals surface area (Å²) in [6.07, 6.45) is 0.683. The van der Waals surface area contributed by atoms with Crippen LogP contribution < -0.4 is 0 Å². The van der Waals surface area contributed by atoms with Crippen molar-refractivity contribution in [3.05, 3.63) is 0 Å². The van der Waals surface area contributed by atoms with Crippen molar-refractivity contribution in [1.29, 1.82) is 0 Å². The molecule has 0 radical (unpaired) electrons. The summed E-state index contributed by atoms with van der Waals surface area (Å²) in [6, 6.07) is 0. The number of hydrogen-bond donors (Lipinski definition) is 0. The van der Waals surface area contributed by atoms with Crippen molar-refractivity contribution in [3.63, 3.8) is 0 Å². The Labute approximate surface area is 265 Å². The maximum atomic E-state index is 6.02. The fraction of sp³-hybridized carbons (Fsp3) is 1.00. The normalized spacial score (nSPS) is 16.2. The Morgan fingerprint density at radius 3 is 1.23 bits per heavy atom. The fourth-order valence-electron chi connectivity index (χ4n) is 1.44. The second kappa shape index (κ2) is 11.0. The van der Waals surface area contributed by atoms with Crippen molar-refractivity contribution >= 4 is 215 Å². The Bertz CT molecular complexity index is 491. The van der Waals surface area contributed by atoms with Crippen LogP contribution in [0.3, 0.4) is 0 Å². The first-order valence-electron chi connectivity index (χ1n) is 6.55. The second-order valence-corrected chi connectivity index (χ2v) is 35.0. The van der Waals surface area contributed by atoms with Crippen molar-refractivity contribution in [2.75, 3.05) is 6.61 Å². The third-order valence-corrected chi connectivity index (χ3v) is 29.2. The summed E-state index contributed by atoms with van der Waals surface area (Å²) in [5.41, 5.74) is 0. The predicted molar refractivity (Wildman–Crippen MR) is 166 cm³/mol. The minimum absolute atomic E-state index is 0.587. The first-order valence-corrected chi connectivity index (χ1v) is 20.3. The summed E-state index contributed by atoms with van der Waals surface area (Å²) in [5.74, 6) is 0. The summed E-state index contributed by atoms with van der Waals surface area (Å²) < 4.78 is 1.50. The van der Waals surface area contributed by atoms with E-state index >= 15 is 0 Å². The average molecular weight is 1230 g/mol. The third kappa shape index (κ3) is 7.46. The van der Waals surface area contributed by atoms with E-state index in [1.54, 1.807) is 0 Å². The molecule has 0 aromatic carbocycles. The van der Waals surface area contributed by atoms with Crippen LogP contribution in [0.25, 0.3) is 0 Å². The van der Waals surface area contributed by atoms with Crippen molar-refractivity contribution < 1.29 is 4.43 Å². The molecule has 0 aliphatic rings. The van der Waals surface area contributed by atoms with Crippen molar-refractivity contribution in [2.24, 2.45) is 0 Å². The highest BCUT2D eigenvalue weighted by molar-refractivity contribution is 9.42. The molecule has 0 amide bonds. The Kier molecular flexibility index (Phi) is 13.7. The van der Waals surface area contributed by atoms with E-state index in [1.165, 1.54) is 0 Å². The van der Waals surface area contributed by atoms with E-state index < -0.39 is 26.6 Å². The summed E-state index contributed by atoms with van der Waals surface area (Å²) >= 11 is 48.8. The summed E-state index contributed by atoms with van der Waals surface area (Å²) in [4.78, 5) is 0. The zero-order valence-electron chi connectivity index (χ0n) is 13.2. The van der Waals surface area contributed by atoms with Gasteiger partial charge in [-0.05, 0) is 26.1 Å². The zero-order chi connectivity index (χ0) is 21.6. The van der Waals surface area contributed by atoms with E-state index in [4.69, 9.17) is 4.43 Å². The molecule has 1 nitrogen and oxygen atoms in total. The van der Waals surface area contributed by atoms with Crippen LogP contribution in [0.15, 0.2) is 0 Å². The molecule has 0 N–H and O–H groups in total. The van der Waals surface area contributed by atoms with E-state index in [2.05, 4.69) is 227 Å². The molecular formula is C11H13Br13OSi. The first-order chi connectivity index (χ1) is 11.0. The monoisotopic (exact) mass is 1220 g/mol. The van der Waals surface area contributed by atoms with Crippen molar-refractivity contribution in [3.8, 4) is 0 Å². The molecule has 0 aliphatic carbocycles. The quantitative estimate of drug-likeness (QED) is 0.174. The van der Waals surface area contributed by atoms with E-state index in [9.17, 15) is 0 Å². The molecular weight excluding hydrogens is 1210 g/mol. The molecule has 0 fully saturated rings. The minimum atomic E-state index is -1.60. The van der Waals surface area contributed by atoms with Gasteiger partial charge in [0.15, 0.2) is 10.5 Å². The topological polar surface area (TPSA) is 9.23 Å². The van der Waals surface area contributed by atoms with Gasteiger partial charge in [0.25, 0.3) is 0 Å². The number of rotatable bonds is 8. The van der Waals surface area contributed by atoms with Gasteiger partial charge >= 0.3 is 0 Å². The van der Waals surface area contributed by atoms with Crippen LogP contribution in [0.5, 0.6) is 0 Å². The van der Waals surface area contributed by atoms with Gasteiger partial charge in [0.2, 0.25) is 0 Å². The molecule has 0 saturated carbocycles. The van der Waals surface area contributed by atoms with E-state index in [-0.39, 0.29) is 0 Å². The Morgan fingerprint density at radius 1 is 0.577 bits per heavy atom. The Balaban J connectivity index is 5.85. The van der Waals surface area contributed by atoms with Crippen molar-refractivity contribution in [1.82, 2.24) is 0 Å². The van der Waals surface area contributed by atoms with Crippen LogP contribution in [0.1, 0.15) is 6.42 Å². The lowest BCUT2D eigenvalue weighted by molar-refractivity contribution is 0.298. The molecule has 158 valence electrons. The van der Waals surface area contributed by atoms with Gasteiger partial charge in [0.05, 0.1) is 0 Å². The van der Waals surface area contributed by atoms with E-state index in [1.807, 2.05) is 0 Å². The van der Waals surface area contributed by atoms with Crippen LogP contribution in [-0.2, 0) is 4.43 Å². The number of alkyl halides is 13. The van der Waals surface area contributed by atoms with Gasteiger partial charge in [-0.3, -0.25) is 0 Å². The molecule has 0 aliphatic heterocycles. The van der Waals surface area contributed by atoms with Gasteiger partial charge in [-0.25, -0.2) is 0 Å². The Morgan fingerprint density at radius 2 is 0.923 bits per heavy atom. The maximum absolute atomic E-state index is 6.02. The third-order valence-electron chi connectivity index (χ3n) is 2.95. The minimum Gasteiger partial charge on any atom is -0.418 e. The lowest BCUT2D eigenvalue weighted by atomic mass is 10.1. The van der Waals surface area contributed by atoms with Crippen molar-refractivity contribution in [2.45, 2.75) is 44.4 Å². The second-order valence-electron chi connectivity index (χ2n) is 6.21. The highest BCUT2D eigenvalue weighted by Crippen LogP contribution is 2.74. The Hall–Kier alpha value is 6.42. The molecule has 0 spiro atoms. The molecule has 15 heteroatoms. The smallest absolute Gasteiger partial charge is 0.183 e. The molecule has 0 rings (SSSR count). The van der Waals surface area contributed by atoms with Crippen LogP contribution >= 0.6 is 207 Å². The number of halogens is 13. The van der Waals surface area contributed by atoms with Gasteiger partial charge in [-0.1, -0.05) is 207 Å². The fourth-order valence-corrected chi connectivity index (χ4v) is 12.8. The zero-order valence-corrected chi connectivity index (χ0v) is 34.9. The maximum Gasteiger partial charge on any atom is 0.183 e. The highest BCUT2D eigenvalue weighted by atomic mass is 80.0. The van der Waals surface area contributed by atoms with E-state index in [0.717, 1.165) is 0 Å². The average Bonchev–Trinajstić information content (AvgIpc) is 2.34. The molecule has 0 unspecified atom stereocenters. The molecule has 0 heterocycles. The molecule has 0 atom stereocenters. The van der Waals surface area contributed by atoms with Gasteiger partial charge in [0.1, 0.15) is 16.2 Å². The van der Waals surface area contributed by atoms with Gasteiger partial charge in [-0.15, -0.1) is 0 Å². The van der Waals surface area contributed by atoms with Crippen LogP contribution in [-0.4, -0.2) is 33.2 Å². The first kappa shape index (κ1) is 32.4. The molecule has 26 heavy (non-hydrogen) atoms. The summed E-state index contributed by atoms with van der Waals surface area (Å²) in [7, 11) is -1.60. The summed E-state index contributed by atoms with van der Waals surface area (Å²) in [6.45, 7) is 7.10. The standard InChI is InChI=1S/C11H13Br13OSi/c1-26(2,3)25-5-4-6(12,13)7(14,15)8(16,17)9(18,19)10(20,21)11(22,23)24/h4-5H2,1-3H3. The lowest BCUT2D eigenvalue weighted by Crippen LogP contribution is -2.63.